The summed E-state index contributed by atoms with van der Waals surface area (Å²) in [5.41, 5.74) is 0.720. The van der Waals surface area contributed by atoms with Crippen LogP contribution in [0.25, 0.3) is 0 Å². The summed E-state index contributed by atoms with van der Waals surface area (Å²) in [5.74, 6) is 0.0102. The highest BCUT2D eigenvalue weighted by Crippen LogP contribution is 2.31. The van der Waals surface area contributed by atoms with E-state index in [-0.39, 0.29) is 23.9 Å². The molecule has 2 N–H and O–H groups in total. The van der Waals surface area contributed by atoms with Gasteiger partial charge in [0.1, 0.15) is 5.82 Å². The molecular weight excluding hydrogens is 271 g/mol. The highest BCUT2D eigenvalue weighted by Gasteiger charge is 2.33. The summed E-state index contributed by atoms with van der Waals surface area (Å²) < 4.78 is 18.4. The summed E-state index contributed by atoms with van der Waals surface area (Å²) >= 11 is 0. The molecule has 1 aromatic rings. The molecule has 2 rings (SSSR count). The molecule has 1 unspecified atom stereocenters. The second-order valence-electron chi connectivity index (χ2n) is 6.27. The van der Waals surface area contributed by atoms with Gasteiger partial charge in [0.15, 0.2) is 0 Å². The lowest BCUT2D eigenvalue weighted by atomic mass is 9.80. The van der Waals surface area contributed by atoms with E-state index in [1.807, 2.05) is 0 Å². The van der Waals surface area contributed by atoms with Gasteiger partial charge in [-0.05, 0) is 30.9 Å². The first kappa shape index (κ1) is 16.3. The predicted molar refractivity (Wildman–Crippen MR) is 79.3 cm³/mol. The van der Waals surface area contributed by atoms with Gasteiger partial charge in [-0.25, -0.2) is 4.39 Å². The van der Waals surface area contributed by atoms with Crippen LogP contribution >= 0.6 is 0 Å². The van der Waals surface area contributed by atoms with Gasteiger partial charge in [-0.2, -0.15) is 0 Å². The molecule has 0 saturated carbocycles. The molecule has 0 aliphatic carbocycles. The molecule has 1 fully saturated rings. The molecule has 1 atom stereocenters. The van der Waals surface area contributed by atoms with E-state index in [0.717, 1.165) is 25.1 Å². The molecule has 0 amide bonds. The number of aliphatic hydroxyl groups is 1. The van der Waals surface area contributed by atoms with Crippen LogP contribution in [0.1, 0.15) is 38.4 Å². The summed E-state index contributed by atoms with van der Waals surface area (Å²) in [4.78, 5) is 4.19. The van der Waals surface area contributed by atoms with Gasteiger partial charge in [-0.1, -0.05) is 13.8 Å². The second kappa shape index (κ2) is 7.29. The zero-order valence-electron chi connectivity index (χ0n) is 12.8. The smallest absolute Gasteiger partial charge is 0.141 e. The third-order valence-corrected chi connectivity index (χ3v) is 4.32. The Hall–Kier alpha value is -1.04. The van der Waals surface area contributed by atoms with Crippen LogP contribution in [0.5, 0.6) is 0 Å². The topological polar surface area (TPSA) is 54.4 Å². The maximum atomic E-state index is 13.0. The Morgan fingerprint density at radius 1 is 1.38 bits per heavy atom. The van der Waals surface area contributed by atoms with E-state index in [0.29, 0.717) is 19.1 Å². The van der Waals surface area contributed by atoms with Gasteiger partial charge in [0.25, 0.3) is 0 Å². The number of ether oxygens (including phenoxy) is 1. The Morgan fingerprint density at radius 3 is 2.62 bits per heavy atom. The largest absolute Gasteiger partial charge is 0.396 e. The summed E-state index contributed by atoms with van der Waals surface area (Å²) in [6.45, 7) is 6.49. The van der Waals surface area contributed by atoms with E-state index < -0.39 is 0 Å². The van der Waals surface area contributed by atoms with E-state index in [9.17, 15) is 9.50 Å². The van der Waals surface area contributed by atoms with Gasteiger partial charge in [-0.15, -0.1) is 0 Å². The monoisotopic (exact) mass is 296 g/mol. The van der Waals surface area contributed by atoms with Gasteiger partial charge in [0.2, 0.25) is 0 Å². The molecule has 5 heteroatoms. The number of nitrogens with zero attached hydrogens (tertiary/aromatic N) is 1. The van der Waals surface area contributed by atoms with Crippen molar-refractivity contribution < 1.29 is 14.2 Å². The first-order valence-corrected chi connectivity index (χ1v) is 7.60. The van der Waals surface area contributed by atoms with Crippen molar-refractivity contribution in [2.75, 3.05) is 26.4 Å². The van der Waals surface area contributed by atoms with Crippen LogP contribution in [-0.2, 0) is 4.74 Å². The van der Waals surface area contributed by atoms with E-state index in [4.69, 9.17) is 4.74 Å². The minimum absolute atomic E-state index is 0.0527. The molecule has 1 aromatic heterocycles. The maximum absolute atomic E-state index is 13.0. The molecule has 2 heterocycles. The molecule has 4 nitrogen and oxygen atoms in total. The standard InChI is InChI=1S/C16H25FN2O2/c1-12(2)15(14-4-3-13(17)9-18-14)19-10-16(11-20)5-7-21-8-6-16/h3-4,9,12,15,19-20H,5-8,10-11H2,1-2H3. The molecule has 0 bridgehead atoms. The molecule has 0 spiro atoms. The van der Waals surface area contributed by atoms with Crippen molar-refractivity contribution in [3.63, 3.8) is 0 Å². The van der Waals surface area contributed by atoms with Crippen molar-refractivity contribution in [1.29, 1.82) is 0 Å². The number of nitrogens with one attached hydrogen (secondary N) is 1. The fourth-order valence-corrected chi connectivity index (χ4v) is 2.77. The lowest BCUT2D eigenvalue weighted by Gasteiger charge is -2.37. The fraction of sp³-hybridized carbons (Fsp3) is 0.688. The zero-order valence-corrected chi connectivity index (χ0v) is 12.8. The van der Waals surface area contributed by atoms with Crippen molar-refractivity contribution >= 4 is 0 Å². The quantitative estimate of drug-likeness (QED) is 0.846. The van der Waals surface area contributed by atoms with Crippen LogP contribution in [0, 0.1) is 17.2 Å². The van der Waals surface area contributed by atoms with E-state index in [1.165, 1.54) is 12.3 Å². The third-order valence-electron chi connectivity index (χ3n) is 4.32. The molecular formula is C16H25FN2O2. The highest BCUT2D eigenvalue weighted by molar-refractivity contribution is 5.11. The third kappa shape index (κ3) is 4.22. The van der Waals surface area contributed by atoms with Gasteiger partial charge in [-0.3, -0.25) is 4.98 Å². The Morgan fingerprint density at radius 2 is 2.10 bits per heavy atom. The molecule has 0 radical (unpaired) electrons. The van der Waals surface area contributed by atoms with Crippen LogP contribution in [0.2, 0.25) is 0 Å². The fourth-order valence-electron chi connectivity index (χ4n) is 2.77. The van der Waals surface area contributed by atoms with Gasteiger partial charge < -0.3 is 15.2 Å². The average molecular weight is 296 g/mol. The minimum atomic E-state index is -0.322. The number of rotatable bonds is 6. The number of aromatic nitrogens is 1. The first-order valence-electron chi connectivity index (χ1n) is 7.60. The molecule has 1 aliphatic heterocycles. The number of hydrogen-bond donors (Lipinski definition) is 2. The predicted octanol–water partition coefficient (Wildman–Crippen LogP) is 2.30. The number of aliphatic hydroxyl groups excluding tert-OH is 1. The van der Waals surface area contributed by atoms with E-state index in [2.05, 4.69) is 24.1 Å². The van der Waals surface area contributed by atoms with Crippen LogP contribution in [0.15, 0.2) is 18.3 Å². The SMILES string of the molecule is CC(C)C(NCC1(CO)CCOCC1)c1ccc(F)cn1. The van der Waals surface area contributed by atoms with Crippen molar-refractivity contribution in [3.05, 3.63) is 29.8 Å². The Bertz CT molecular complexity index is 430. The van der Waals surface area contributed by atoms with Gasteiger partial charge in [0, 0.05) is 25.2 Å². The number of halogens is 1. The van der Waals surface area contributed by atoms with E-state index in [1.54, 1.807) is 6.07 Å². The summed E-state index contributed by atoms with van der Waals surface area (Å²) in [6.07, 6.45) is 2.97. The van der Waals surface area contributed by atoms with E-state index >= 15 is 0 Å². The van der Waals surface area contributed by atoms with Crippen molar-refractivity contribution in [2.45, 2.75) is 32.7 Å². The Balaban J connectivity index is 2.04. The minimum Gasteiger partial charge on any atom is -0.396 e. The normalized spacial score (nSPS) is 19.7. The Labute approximate surface area is 125 Å². The van der Waals surface area contributed by atoms with Crippen molar-refractivity contribution in [2.24, 2.45) is 11.3 Å². The van der Waals surface area contributed by atoms with Crippen LogP contribution in [0.4, 0.5) is 4.39 Å². The first-order chi connectivity index (χ1) is 10.1. The van der Waals surface area contributed by atoms with Gasteiger partial charge >= 0.3 is 0 Å². The zero-order chi connectivity index (χ0) is 15.3. The average Bonchev–Trinajstić information content (AvgIpc) is 2.50. The lowest BCUT2D eigenvalue weighted by molar-refractivity contribution is -0.0173. The lowest BCUT2D eigenvalue weighted by Crippen LogP contribution is -2.43. The van der Waals surface area contributed by atoms with Gasteiger partial charge in [0.05, 0.1) is 24.5 Å². The summed E-state index contributed by atoms with van der Waals surface area (Å²) in [7, 11) is 0. The number of pyridine rings is 1. The molecule has 21 heavy (non-hydrogen) atoms. The van der Waals surface area contributed by atoms with Crippen LogP contribution < -0.4 is 5.32 Å². The summed E-state index contributed by atoms with van der Waals surface area (Å²) in [6, 6.07) is 3.22. The maximum Gasteiger partial charge on any atom is 0.141 e. The molecule has 1 saturated heterocycles. The second-order valence-corrected chi connectivity index (χ2v) is 6.27. The van der Waals surface area contributed by atoms with Crippen LogP contribution in [0.3, 0.4) is 0 Å². The highest BCUT2D eigenvalue weighted by atomic mass is 19.1. The van der Waals surface area contributed by atoms with Crippen molar-refractivity contribution in [3.8, 4) is 0 Å². The van der Waals surface area contributed by atoms with Crippen LogP contribution in [-0.4, -0.2) is 36.5 Å². The molecule has 1 aliphatic rings. The molecule has 118 valence electrons. The molecule has 0 aromatic carbocycles. The summed E-state index contributed by atoms with van der Waals surface area (Å²) in [5, 5.41) is 13.3. The Kier molecular flexibility index (Phi) is 5.67. The van der Waals surface area contributed by atoms with Crippen molar-refractivity contribution in [1.82, 2.24) is 10.3 Å². The number of hydrogen-bond acceptors (Lipinski definition) is 4.